The van der Waals surface area contributed by atoms with Crippen LogP contribution in [0.2, 0.25) is 0 Å². The molecule has 0 unspecified atom stereocenters. The second-order valence-corrected chi connectivity index (χ2v) is 3.93. The monoisotopic (exact) mass is 276 g/mol. The highest BCUT2D eigenvalue weighted by Crippen LogP contribution is 2.04. The SMILES string of the molecule is CC.CC.CCC.Cc1ccc(Cn2ccnc2)cc1. The summed E-state index contributed by atoms with van der Waals surface area (Å²) in [5.74, 6) is 0. The summed E-state index contributed by atoms with van der Waals surface area (Å²) in [5.41, 5.74) is 2.61. The molecule has 0 spiro atoms. The van der Waals surface area contributed by atoms with Gasteiger partial charge in [0.15, 0.2) is 0 Å². The van der Waals surface area contributed by atoms with Crippen LogP contribution in [0.3, 0.4) is 0 Å². The summed E-state index contributed by atoms with van der Waals surface area (Å²) in [7, 11) is 0. The van der Waals surface area contributed by atoms with Crippen LogP contribution in [0.25, 0.3) is 0 Å². The summed E-state index contributed by atoms with van der Waals surface area (Å²) in [6, 6.07) is 8.56. The fourth-order valence-corrected chi connectivity index (χ4v) is 1.28. The standard InChI is InChI=1S/C11H12N2.C3H8.2C2H6/c1-10-2-4-11(5-3-10)8-13-7-6-12-9-13;1-3-2;2*1-2/h2-7,9H,8H2,1H3;3H2,1-2H3;2*1-2H3. The third-order valence-corrected chi connectivity index (χ3v) is 2.04. The smallest absolute Gasteiger partial charge is 0.0949 e. The summed E-state index contributed by atoms with van der Waals surface area (Å²) >= 11 is 0. The maximum absolute atomic E-state index is 4.00. The molecule has 0 aliphatic carbocycles. The summed E-state index contributed by atoms with van der Waals surface area (Å²) in [5, 5.41) is 0. The Kier molecular flexibility index (Phi) is 16.1. The molecule has 0 atom stereocenters. The lowest BCUT2D eigenvalue weighted by atomic mass is 10.1. The number of aryl methyl sites for hydroxylation is 1. The van der Waals surface area contributed by atoms with Gasteiger partial charge in [-0.05, 0) is 12.5 Å². The predicted molar refractivity (Wildman–Crippen MR) is 91.2 cm³/mol. The maximum Gasteiger partial charge on any atom is 0.0949 e. The minimum Gasteiger partial charge on any atom is -0.333 e. The molecule has 0 aliphatic rings. The van der Waals surface area contributed by atoms with Gasteiger partial charge in [-0.2, -0.15) is 0 Å². The first kappa shape index (κ1) is 20.7. The van der Waals surface area contributed by atoms with Crippen molar-refractivity contribution in [2.45, 2.75) is 61.4 Å². The molecule has 0 aliphatic heterocycles. The van der Waals surface area contributed by atoms with Gasteiger partial charge in [-0.3, -0.25) is 0 Å². The van der Waals surface area contributed by atoms with Gasteiger partial charge in [0.25, 0.3) is 0 Å². The van der Waals surface area contributed by atoms with Crippen LogP contribution < -0.4 is 0 Å². The summed E-state index contributed by atoms with van der Waals surface area (Å²) in [6.45, 7) is 15.3. The van der Waals surface area contributed by atoms with E-state index in [9.17, 15) is 0 Å². The maximum atomic E-state index is 4.00. The van der Waals surface area contributed by atoms with E-state index in [0.717, 1.165) is 6.54 Å². The van der Waals surface area contributed by atoms with Crippen molar-refractivity contribution in [2.75, 3.05) is 0 Å². The average molecular weight is 276 g/mol. The summed E-state index contributed by atoms with van der Waals surface area (Å²) in [6.07, 6.45) is 6.86. The minimum atomic E-state index is 0.903. The molecule has 2 heteroatoms. The van der Waals surface area contributed by atoms with E-state index in [0.29, 0.717) is 0 Å². The van der Waals surface area contributed by atoms with Crippen molar-refractivity contribution in [1.29, 1.82) is 0 Å². The van der Waals surface area contributed by atoms with Gasteiger partial charge in [-0.25, -0.2) is 4.98 Å². The molecule has 1 aromatic heterocycles. The van der Waals surface area contributed by atoms with Crippen LogP contribution in [-0.4, -0.2) is 9.55 Å². The number of nitrogens with zero attached hydrogens (tertiary/aromatic N) is 2. The molecule has 0 N–H and O–H groups in total. The van der Waals surface area contributed by atoms with Gasteiger partial charge in [0.2, 0.25) is 0 Å². The van der Waals surface area contributed by atoms with Gasteiger partial charge >= 0.3 is 0 Å². The summed E-state index contributed by atoms with van der Waals surface area (Å²) in [4.78, 5) is 4.00. The van der Waals surface area contributed by atoms with E-state index in [-0.39, 0.29) is 0 Å². The minimum absolute atomic E-state index is 0.903. The molecular weight excluding hydrogens is 244 g/mol. The second-order valence-electron chi connectivity index (χ2n) is 3.93. The molecule has 20 heavy (non-hydrogen) atoms. The Balaban J connectivity index is 0. The number of imidazole rings is 1. The first-order valence-corrected chi connectivity index (χ1v) is 7.77. The van der Waals surface area contributed by atoms with Crippen LogP contribution in [0.15, 0.2) is 43.0 Å². The van der Waals surface area contributed by atoms with Crippen molar-refractivity contribution in [3.8, 4) is 0 Å². The van der Waals surface area contributed by atoms with Crippen LogP contribution >= 0.6 is 0 Å². The Bertz CT molecular complexity index is 374. The zero-order chi connectivity index (χ0) is 15.8. The molecule has 1 aromatic carbocycles. The molecule has 0 fully saturated rings. The third kappa shape index (κ3) is 10.4. The van der Waals surface area contributed by atoms with Crippen LogP contribution in [0.4, 0.5) is 0 Å². The highest BCUT2D eigenvalue weighted by atomic mass is 15.0. The van der Waals surface area contributed by atoms with Crippen LogP contribution in [0.5, 0.6) is 0 Å². The van der Waals surface area contributed by atoms with E-state index in [2.05, 4.69) is 54.6 Å². The van der Waals surface area contributed by atoms with Gasteiger partial charge in [0, 0.05) is 18.9 Å². The van der Waals surface area contributed by atoms with Crippen LogP contribution in [0, 0.1) is 6.92 Å². The highest BCUT2D eigenvalue weighted by molar-refractivity contribution is 5.21. The number of hydrogen-bond donors (Lipinski definition) is 0. The molecule has 2 aromatic rings. The molecule has 0 saturated carbocycles. The van der Waals surface area contributed by atoms with Crippen LogP contribution in [0.1, 0.15) is 59.1 Å². The molecular formula is C18H32N2. The Labute approximate surface area is 125 Å². The summed E-state index contributed by atoms with van der Waals surface area (Å²) < 4.78 is 2.06. The first-order chi connectivity index (χ1) is 9.76. The number of benzene rings is 1. The zero-order valence-corrected chi connectivity index (χ0v) is 14.4. The molecule has 1 heterocycles. The fourth-order valence-electron chi connectivity index (χ4n) is 1.28. The molecule has 2 nitrogen and oxygen atoms in total. The Hall–Kier alpha value is -1.57. The Morgan fingerprint density at radius 1 is 0.950 bits per heavy atom. The number of aromatic nitrogens is 2. The third-order valence-electron chi connectivity index (χ3n) is 2.04. The lowest BCUT2D eigenvalue weighted by molar-refractivity contribution is 0.797. The Morgan fingerprint density at radius 3 is 1.85 bits per heavy atom. The van der Waals surface area contributed by atoms with E-state index >= 15 is 0 Å². The quantitative estimate of drug-likeness (QED) is 0.687. The number of rotatable bonds is 2. The van der Waals surface area contributed by atoms with E-state index in [1.807, 2.05) is 40.2 Å². The largest absolute Gasteiger partial charge is 0.333 e. The number of hydrogen-bond acceptors (Lipinski definition) is 1. The molecule has 0 amide bonds. The van der Waals surface area contributed by atoms with Crippen molar-refractivity contribution in [1.82, 2.24) is 9.55 Å². The van der Waals surface area contributed by atoms with Crippen molar-refractivity contribution in [3.63, 3.8) is 0 Å². The van der Waals surface area contributed by atoms with Gasteiger partial charge in [0.1, 0.15) is 0 Å². The normalized spacial score (nSPS) is 8.15. The molecule has 114 valence electrons. The molecule has 0 radical (unpaired) electrons. The zero-order valence-electron chi connectivity index (χ0n) is 14.4. The topological polar surface area (TPSA) is 17.8 Å². The first-order valence-electron chi connectivity index (χ1n) is 7.77. The van der Waals surface area contributed by atoms with Gasteiger partial charge in [0.05, 0.1) is 6.33 Å². The average Bonchev–Trinajstić information content (AvgIpc) is 3.00. The van der Waals surface area contributed by atoms with Gasteiger partial charge in [-0.15, -0.1) is 0 Å². The van der Waals surface area contributed by atoms with Gasteiger partial charge in [-0.1, -0.05) is 77.8 Å². The Morgan fingerprint density at radius 2 is 1.45 bits per heavy atom. The highest BCUT2D eigenvalue weighted by Gasteiger charge is 1.92. The van der Waals surface area contributed by atoms with Crippen LogP contribution in [-0.2, 0) is 6.54 Å². The van der Waals surface area contributed by atoms with Crippen molar-refractivity contribution in [3.05, 3.63) is 54.1 Å². The van der Waals surface area contributed by atoms with E-state index in [1.54, 1.807) is 6.20 Å². The van der Waals surface area contributed by atoms with E-state index in [1.165, 1.54) is 17.5 Å². The van der Waals surface area contributed by atoms with E-state index in [4.69, 9.17) is 0 Å². The van der Waals surface area contributed by atoms with Crippen molar-refractivity contribution >= 4 is 0 Å². The lowest BCUT2D eigenvalue weighted by Gasteiger charge is -2.02. The molecule has 0 bridgehead atoms. The van der Waals surface area contributed by atoms with Crippen molar-refractivity contribution < 1.29 is 0 Å². The fraction of sp³-hybridized carbons (Fsp3) is 0.500. The second kappa shape index (κ2) is 15.5. The molecule has 0 saturated heterocycles. The lowest BCUT2D eigenvalue weighted by Crippen LogP contribution is -1.95. The predicted octanol–water partition coefficient (Wildman–Crippen LogP) is 5.71. The van der Waals surface area contributed by atoms with Crippen molar-refractivity contribution in [2.24, 2.45) is 0 Å². The molecule has 2 rings (SSSR count). The van der Waals surface area contributed by atoms with E-state index < -0.39 is 0 Å². The van der Waals surface area contributed by atoms with Gasteiger partial charge < -0.3 is 4.57 Å².